The molecule has 1 amide bonds. The summed E-state index contributed by atoms with van der Waals surface area (Å²) < 4.78 is 16.6. The van der Waals surface area contributed by atoms with Crippen LogP contribution in [0.2, 0.25) is 5.02 Å². The molecular formula is C30H36ClFN8O2. The summed E-state index contributed by atoms with van der Waals surface area (Å²) in [7, 11) is 0. The van der Waals surface area contributed by atoms with Crippen LogP contribution in [-0.4, -0.2) is 45.4 Å². The van der Waals surface area contributed by atoms with Crippen molar-refractivity contribution in [2.75, 3.05) is 13.1 Å². The number of rotatable bonds is 14. The third-order valence-corrected chi connectivity index (χ3v) is 7.08. The summed E-state index contributed by atoms with van der Waals surface area (Å²) >= 11 is 6.23. The van der Waals surface area contributed by atoms with Gasteiger partial charge in [-0.05, 0) is 80.6 Å². The van der Waals surface area contributed by atoms with Crippen LogP contribution in [0.15, 0.2) is 58.4 Å². The summed E-state index contributed by atoms with van der Waals surface area (Å²) in [5.41, 5.74) is 19.9. The van der Waals surface area contributed by atoms with E-state index < -0.39 is 17.4 Å². The highest BCUT2D eigenvalue weighted by Crippen LogP contribution is 2.31. The predicted molar refractivity (Wildman–Crippen MR) is 165 cm³/mol. The number of aromatic amines is 1. The van der Waals surface area contributed by atoms with Gasteiger partial charge >= 0.3 is 5.69 Å². The molecule has 4 aromatic rings. The van der Waals surface area contributed by atoms with E-state index in [-0.39, 0.29) is 23.0 Å². The van der Waals surface area contributed by atoms with Gasteiger partial charge in [0, 0.05) is 42.7 Å². The Bertz CT molecular complexity index is 1630. The Kier molecular flexibility index (Phi) is 10.5. The Morgan fingerprint density at radius 3 is 2.64 bits per heavy atom. The predicted octanol–water partition coefficient (Wildman–Crippen LogP) is 3.56. The number of benzene rings is 2. The molecule has 12 heteroatoms. The van der Waals surface area contributed by atoms with Gasteiger partial charge in [-0.3, -0.25) is 14.4 Å². The van der Waals surface area contributed by atoms with Crippen molar-refractivity contribution in [3.05, 3.63) is 81.1 Å². The molecule has 1 atom stereocenters. The molecule has 0 aliphatic rings. The number of primary amides is 1. The number of hydrogen-bond donors (Lipinski definition) is 5. The number of aryl methyl sites for hydroxylation is 1. The highest BCUT2D eigenvalue weighted by atomic mass is 35.5. The number of halogens is 2. The molecule has 2 aromatic carbocycles. The molecule has 10 nitrogen and oxygen atoms in total. The zero-order chi connectivity index (χ0) is 30.2. The molecular weight excluding hydrogens is 559 g/mol. The molecule has 2 aromatic heterocycles. The first-order valence-corrected chi connectivity index (χ1v) is 14.2. The van der Waals surface area contributed by atoms with Gasteiger partial charge in [-0.25, -0.2) is 9.18 Å². The fraction of sp³-hybridized carbons (Fsp3) is 0.333. The first-order valence-electron chi connectivity index (χ1n) is 13.8. The van der Waals surface area contributed by atoms with E-state index in [0.717, 1.165) is 24.1 Å². The minimum Gasteiger partial charge on any atom is -0.388 e. The molecule has 0 radical (unpaired) electrons. The number of nitrogens with zero attached hydrogens (tertiary/aromatic N) is 3. The van der Waals surface area contributed by atoms with E-state index in [4.69, 9.17) is 28.8 Å². The van der Waals surface area contributed by atoms with Crippen molar-refractivity contribution in [3.63, 3.8) is 0 Å². The number of aliphatic imine (C=N–C) groups is 1. The average molecular weight is 595 g/mol. The monoisotopic (exact) mass is 594 g/mol. The number of amides is 1. The second kappa shape index (κ2) is 14.2. The van der Waals surface area contributed by atoms with E-state index in [1.807, 2.05) is 24.3 Å². The van der Waals surface area contributed by atoms with Gasteiger partial charge in [0.05, 0.1) is 22.2 Å². The third kappa shape index (κ3) is 8.25. The third-order valence-electron chi connectivity index (χ3n) is 6.81. The van der Waals surface area contributed by atoms with Crippen LogP contribution in [0.25, 0.3) is 28.0 Å². The van der Waals surface area contributed by atoms with Crippen molar-refractivity contribution in [3.8, 4) is 16.9 Å². The Balaban J connectivity index is 1.48. The van der Waals surface area contributed by atoms with Crippen molar-refractivity contribution >= 4 is 34.4 Å². The summed E-state index contributed by atoms with van der Waals surface area (Å²) in [5, 5.41) is 4.00. The fourth-order valence-electron chi connectivity index (χ4n) is 4.71. The van der Waals surface area contributed by atoms with Crippen LogP contribution in [0.4, 0.5) is 4.39 Å². The SMILES string of the molecule is CC(N)=NCCCNCc1ccc(-n2cc3cc(-c4cc(CCCC(N)CC(N)=O)cc(Cl)c4F)[nH]c3nc2=O)cc1. The number of carbonyl (C=O) groups is 1. The van der Waals surface area contributed by atoms with Crippen LogP contribution in [-0.2, 0) is 17.8 Å². The van der Waals surface area contributed by atoms with Crippen LogP contribution >= 0.6 is 11.6 Å². The van der Waals surface area contributed by atoms with Crippen LogP contribution in [0, 0.1) is 5.82 Å². The first kappa shape index (κ1) is 30.9. The lowest BCUT2D eigenvalue weighted by Crippen LogP contribution is -2.27. The standard InChI is InChI=1S/C30H36ClFN8O2/c1-18(33)37-11-3-10-36-16-19-6-8-23(9-7-19)40-17-21-14-26(38-29(21)39-30(40)42)24-12-20(13-25(31)28(24)32)4-2-5-22(34)15-27(35)41/h6-9,12-14,17,22,36H,2-5,10-11,15-16,34H2,1H3,(H2,33,37)(H2,35,41)(H,38,39,42). The number of carbonyl (C=O) groups excluding carboxylic acids is 1. The van der Waals surface area contributed by atoms with Crippen molar-refractivity contribution in [1.82, 2.24) is 19.9 Å². The van der Waals surface area contributed by atoms with Gasteiger partial charge in [0.1, 0.15) is 5.65 Å². The number of amidine groups is 1. The normalized spacial score (nSPS) is 12.6. The molecule has 2 heterocycles. The molecule has 42 heavy (non-hydrogen) atoms. The molecule has 0 aliphatic heterocycles. The number of nitrogens with two attached hydrogens (primary N) is 3. The topological polar surface area (TPSA) is 170 Å². The lowest BCUT2D eigenvalue weighted by Gasteiger charge is -2.11. The number of H-pyrrole nitrogens is 1. The average Bonchev–Trinajstić information content (AvgIpc) is 3.34. The van der Waals surface area contributed by atoms with E-state index in [1.165, 1.54) is 4.57 Å². The van der Waals surface area contributed by atoms with E-state index in [0.29, 0.717) is 60.6 Å². The molecule has 0 aliphatic carbocycles. The Morgan fingerprint density at radius 2 is 1.93 bits per heavy atom. The van der Waals surface area contributed by atoms with Crippen molar-refractivity contribution < 1.29 is 9.18 Å². The summed E-state index contributed by atoms with van der Waals surface area (Å²) in [5.74, 6) is -0.424. The van der Waals surface area contributed by atoms with Gasteiger partial charge in [0.15, 0.2) is 5.82 Å². The van der Waals surface area contributed by atoms with Crippen LogP contribution in [0.3, 0.4) is 0 Å². The van der Waals surface area contributed by atoms with Crippen molar-refractivity contribution in [2.24, 2.45) is 22.2 Å². The smallest absolute Gasteiger partial charge is 0.354 e. The minimum absolute atomic E-state index is 0.0103. The van der Waals surface area contributed by atoms with Crippen LogP contribution in [0.5, 0.6) is 0 Å². The van der Waals surface area contributed by atoms with E-state index in [1.54, 1.807) is 31.3 Å². The first-order chi connectivity index (χ1) is 20.1. The minimum atomic E-state index is -0.570. The van der Waals surface area contributed by atoms with E-state index in [9.17, 15) is 9.59 Å². The second-order valence-corrected chi connectivity index (χ2v) is 10.8. The van der Waals surface area contributed by atoms with Gasteiger partial charge in [0.25, 0.3) is 0 Å². The Labute approximate surface area is 248 Å². The maximum Gasteiger partial charge on any atom is 0.354 e. The number of hydrogen-bond acceptors (Lipinski definition) is 6. The summed E-state index contributed by atoms with van der Waals surface area (Å²) in [6.07, 6.45) is 4.56. The maximum atomic E-state index is 15.1. The van der Waals surface area contributed by atoms with Crippen LogP contribution in [0.1, 0.15) is 43.7 Å². The number of fused-ring (bicyclic) bond motifs is 1. The zero-order valence-corrected chi connectivity index (χ0v) is 24.3. The van der Waals surface area contributed by atoms with Crippen molar-refractivity contribution in [2.45, 2.75) is 51.6 Å². The lowest BCUT2D eigenvalue weighted by molar-refractivity contribution is -0.118. The quantitative estimate of drug-likeness (QED) is 0.0849. The van der Waals surface area contributed by atoms with Crippen molar-refractivity contribution in [1.29, 1.82) is 0 Å². The lowest BCUT2D eigenvalue weighted by atomic mass is 10.0. The van der Waals surface area contributed by atoms with E-state index in [2.05, 4.69) is 20.3 Å². The maximum absolute atomic E-state index is 15.1. The van der Waals surface area contributed by atoms with Gasteiger partial charge in [-0.15, -0.1) is 0 Å². The summed E-state index contributed by atoms with van der Waals surface area (Å²) in [6, 6.07) is 12.3. The molecule has 222 valence electrons. The Hall–Kier alpha value is -4.06. The summed E-state index contributed by atoms with van der Waals surface area (Å²) in [6.45, 7) is 3.96. The molecule has 0 saturated carbocycles. The van der Waals surface area contributed by atoms with Gasteiger partial charge < -0.3 is 27.5 Å². The second-order valence-electron chi connectivity index (χ2n) is 10.4. The van der Waals surface area contributed by atoms with E-state index >= 15 is 4.39 Å². The molecule has 0 bridgehead atoms. The number of nitrogens with one attached hydrogen (secondary N) is 2. The molecule has 4 rings (SSSR count). The largest absolute Gasteiger partial charge is 0.388 e. The van der Waals surface area contributed by atoms with Crippen LogP contribution < -0.4 is 28.2 Å². The fourth-order valence-corrected chi connectivity index (χ4v) is 4.95. The Morgan fingerprint density at radius 1 is 1.17 bits per heavy atom. The van der Waals surface area contributed by atoms with Gasteiger partial charge in [-0.2, -0.15) is 4.98 Å². The molecule has 0 fully saturated rings. The molecule has 0 spiro atoms. The molecule has 1 unspecified atom stereocenters. The highest BCUT2D eigenvalue weighted by molar-refractivity contribution is 6.31. The van der Waals surface area contributed by atoms with Gasteiger partial charge in [0.2, 0.25) is 5.91 Å². The molecule has 8 N–H and O–H groups in total. The van der Waals surface area contributed by atoms with Gasteiger partial charge in [-0.1, -0.05) is 23.7 Å². The highest BCUT2D eigenvalue weighted by Gasteiger charge is 2.16. The summed E-state index contributed by atoms with van der Waals surface area (Å²) in [4.78, 5) is 35.3. The molecule has 0 saturated heterocycles. The number of aromatic nitrogens is 3. The zero-order valence-electron chi connectivity index (χ0n) is 23.5.